The molecular weight excluding hydrogens is 330 g/mol. The molecule has 0 radical (unpaired) electrons. The van der Waals surface area contributed by atoms with Crippen LogP contribution in [0.4, 0.5) is 0 Å². The van der Waals surface area contributed by atoms with E-state index in [1.807, 2.05) is 31.2 Å². The molecule has 1 saturated heterocycles. The van der Waals surface area contributed by atoms with E-state index < -0.39 is 5.54 Å². The minimum Gasteiger partial charge on any atom is -0.351 e. The van der Waals surface area contributed by atoms with Gasteiger partial charge in [0, 0.05) is 12.6 Å². The Hall–Kier alpha value is -2.44. The van der Waals surface area contributed by atoms with Crippen molar-refractivity contribution < 1.29 is 9.59 Å². The predicted molar refractivity (Wildman–Crippen MR) is 97.3 cm³/mol. The number of carbonyl (C=O) groups excluding carboxylic acids is 2. The monoisotopic (exact) mass is 355 g/mol. The first-order valence-electron chi connectivity index (χ1n) is 9.47. The molecule has 2 aliphatic rings. The highest BCUT2D eigenvalue weighted by Crippen LogP contribution is 2.31. The van der Waals surface area contributed by atoms with Crippen molar-refractivity contribution in [2.75, 3.05) is 6.54 Å². The van der Waals surface area contributed by atoms with Crippen molar-refractivity contribution in [3.63, 3.8) is 0 Å². The van der Waals surface area contributed by atoms with Crippen molar-refractivity contribution in [3.05, 3.63) is 24.3 Å². The Kier molecular flexibility index (Phi) is 4.38. The van der Waals surface area contributed by atoms with E-state index in [-0.39, 0.29) is 24.4 Å². The number of amides is 2. The van der Waals surface area contributed by atoms with Gasteiger partial charge in [0.15, 0.2) is 0 Å². The number of hydrogen-bond donors (Lipinski definition) is 1. The summed E-state index contributed by atoms with van der Waals surface area (Å²) in [4.78, 5) is 27.6. The Labute approximate surface area is 152 Å². The van der Waals surface area contributed by atoms with Gasteiger partial charge < -0.3 is 10.2 Å². The van der Waals surface area contributed by atoms with Gasteiger partial charge in [-0.3, -0.25) is 9.59 Å². The average Bonchev–Trinajstić information content (AvgIpc) is 3.36. The van der Waals surface area contributed by atoms with Crippen LogP contribution in [0.2, 0.25) is 0 Å². The predicted octanol–water partition coefficient (Wildman–Crippen LogP) is 1.87. The van der Waals surface area contributed by atoms with Crippen molar-refractivity contribution in [2.45, 2.75) is 63.6 Å². The van der Waals surface area contributed by atoms with Crippen LogP contribution < -0.4 is 5.32 Å². The molecule has 2 heterocycles. The molecule has 2 amide bonds. The summed E-state index contributed by atoms with van der Waals surface area (Å²) in [7, 11) is 0. The SMILES string of the molecule is C[C@]1(C(=O)NC2CCCC2)CCCN1C(=O)Cn1nnc2ccccc21. The normalized spacial score (nSPS) is 23.7. The number of carbonyl (C=O) groups is 2. The van der Waals surface area contributed by atoms with Gasteiger partial charge in [-0.2, -0.15) is 0 Å². The number of fused-ring (bicyclic) bond motifs is 1. The molecule has 1 aliphatic carbocycles. The highest BCUT2D eigenvalue weighted by Gasteiger charge is 2.46. The van der Waals surface area contributed by atoms with Crippen LogP contribution in [0.25, 0.3) is 11.0 Å². The Balaban J connectivity index is 1.49. The maximum atomic E-state index is 13.0. The maximum Gasteiger partial charge on any atom is 0.245 e. The molecule has 2 aromatic rings. The third-order valence-electron chi connectivity index (χ3n) is 5.83. The number of aromatic nitrogens is 3. The van der Waals surface area contributed by atoms with E-state index in [2.05, 4.69) is 15.6 Å². The number of likely N-dealkylation sites (tertiary alicyclic amines) is 1. The van der Waals surface area contributed by atoms with Gasteiger partial charge in [-0.1, -0.05) is 30.2 Å². The van der Waals surface area contributed by atoms with Gasteiger partial charge in [0.25, 0.3) is 0 Å². The summed E-state index contributed by atoms with van der Waals surface area (Å²) in [6.07, 6.45) is 5.97. The number of rotatable bonds is 4. The van der Waals surface area contributed by atoms with Crippen molar-refractivity contribution in [3.8, 4) is 0 Å². The molecule has 138 valence electrons. The summed E-state index contributed by atoms with van der Waals surface area (Å²) in [5, 5.41) is 11.4. The Bertz CT molecular complexity index is 826. The fourth-order valence-electron chi connectivity index (χ4n) is 4.26. The lowest BCUT2D eigenvalue weighted by Gasteiger charge is -2.35. The van der Waals surface area contributed by atoms with Crippen molar-refractivity contribution in [1.82, 2.24) is 25.2 Å². The molecule has 4 rings (SSSR count). The molecule has 1 atom stereocenters. The largest absolute Gasteiger partial charge is 0.351 e. The van der Waals surface area contributed by atoms with Crippen LogP contribution in [-0.4, -0.2) is 49.8 Å². The van der Waals surface area contributed by atoms with Crippen LogP contribution in [0.3, 0.4) is 0 Å². The number of nitrogens with zero attached hydrogens (tertiary/aromatic N) is 4. The molecule has 1 saturated carbocycles. The molecule has 1 aromatic heterocycles. The summed E-state index contributed by atoms with van der Waals surface area (Å²) < 4.78 is 1.62. The summed E-state index contributed by atoms with van der Waals surface area (Å²) in [5.74, 6) is -0.0964. The van der Waals surface area contributed by atoms with Gasteiger partial charge in [0.2, 0.25) is 11.8 Å². The Morgan fingerprint density at radius 1 is 1.23 bits per heavy atom. The number of para-hydroxylation sites is 1. The van der Waals surface area contributed by atoms with Crippen LogP contribution >= 0.6 is 0 Å². The topological polar surface area (TPSA) is 80.1 Å². The van der Waals surface area contributed by atoms with E-state index in [4.69, 9.17) is 0 Å². The minimum absolute atomic E-state index is 0.0151. The number of hydrogen-bond acceptors (Lipinski definition) is 4. The molecule has 2 fully saturated rings. The summed E-state index contributed by atoms with van der Waals surface area (Å²) >= 11 is 0. The third-order valence-corrected chi connectivity index (χ3v) is 5.83. The molecule has 26 heavy (non-hydrogen) atoms. The lowest BCUT2D eigenvalue weighted by molar-refractivity contribution is -0.145. The van der Waals surface area contributed by atoms with Crippen LogP contribution in [-0.2, 0) is 16.1 Å². The fourth-order valence-corrected chi connectivity index (χ4v) is 4.26. The van der Waals surface area contributed by atoms with E-state index in [0.29, 0.717) is 13.0 Å². The summed E-state index contributed by atoms with van der Waals surface area (Å²) in [6.45, 7) is 2.61. The first-order valence-corrected chi connectivity index (χ1v) is 9.47. The highest BCUT2D eigenvalue weighted by molar-refractivity contribution is 5.92. The average molecular weight is 355 g/mol. The minimum atomic E-state index is -0.768. The van der Waals surface area contributed by atoms with Gasteiger partial charge in [-0.25, -0.2) is 4.68 Å². The van der Waals surface area contributed by atoms with Crippen LogP contribution in [0, 0.1) is 0 Å². The molecular formula is C19H25N5O2. The molecule has 1 aromatic carbocycles. The molecule has 0 bridgehead atoms. The van der Waals surface area contributed by atoms with E-state index in [1.54, 1.807) is 9.58 Å². The zero-order valence-electron chi connectivity index (χ0n) is 15.1. The molecule has 7 heteroatoms. The maximum absolute atomic E-state index is 13.0. The van der Waals surface area contributed by atoms with E-state index in [9.17, 15) is 9.59 Å². The van der Waals surface area contributed by atoms with Crippen molar-refractivity contribution in [1.29, 1.82) is 0 Å². The van der Waals surface area contributed by atoms with Gasteiger partial charge in [0.05, 0.1) is 5.52 Å². The smallest absolute Gasteiger partial charge is 0.245 e. The number of benzene rings is 1. The second-order valence-corrected chi connectivity index (χ2v) is 7.61. The molecule has 1 N–H and O–H groups in total. The van der Waals surface area contributed by atoms with E-state index in [0.717, 1.165) is 30.3 Å². The molecule has 0 spiro atoms. The van der Waals surface area contributed by atoms with Gasteiger partial charge in [0.1, 0.15) is 17.6 Å². The molecule has 0 unspecified atom stereocenters. The van der Waals surface area contributed by atoms with Gasteiger partial charge in [-0.15, -0.1) is 5.10 Å². The van der Waals surface area contributed by atoms with Crippen LogP contribution in [0.15, 0.2) is 24.3 Å². The third kappa shape index (κ3) is 2.95. The summed E-state index contributed by atoms with van der Waals surface area (Å²) in [5.41, 5.74) is 0.830. The number of nitrogens with one attached hydrogen (secondary N) is 1. The van der Waals surface area contributed by atoms with E-state index >= 15 is 0 Å². The quantitative estimate of drug-likeness (QED) is 0.908. The highest BCUT2D eigenvalue weighted by atomic mass is 16.2. The van der Waals surface area contributed by atoms with Crippen LogP contribution in [0.5, 0.6) is 0 Å². The fraction of sp³-hybridized carbons (Fsp3) is 0.579. The standard InChI is InChI=1S/C19H25N5O2/c1-19(18(26)20-14-7-2-3-8-14)11-6-12-23(19)17(25)13-24-16-10-5-4-9-15(16)21-22-24/h4-5,9-10,14H,2-3,6-8,11-13H2,1H3,(H,20,26)/t19-/m1/s1. The Morgan fingerprint density at radius 2 is 2.00 bits per heavy atom. The van der Waals surface area contributed by atoms with E-state index in [1.165, 1.54) is 12.8 Å². The second-order valence-electron chi connectivity index (χ2n) is 7.61. The van der Waals surface area contributed by atoms with Gasteiger partial charge >= 0.3 is 0 Å². The second kappa shape index (κ2) is 6.70. The first-order chi connectivity index (χ1) is 12.6. The first kappa shape index (κ1) is 17.0. The molecule has 7 nitrogen and oxygen atoms in total. The van der Waals surface area contributed by atoms with Gasteiger partial charge in [-0.05, 0) is 44.7 Å². The summed E-state index contributed by atoms with van der Waals surface area (Å²) in [6, 6.07) is 7.84. The zero-order valence-corrected chi connectivity index (χ0v) is 15.1. The van der Waals surface area contributed by atoms with Crippen molar-refractivity contribution >= 4 is 22.8 Å². The zero-order chi connectivity index (χ0) is 18.1. The Morgan fingerprint density at radius 3 is 2.81 bits per heavy atom. The van der Waals surface area contributed by atoms with Crippen molar-refractivity contribution in [2.24, 2.45) is 0 Å². The lowest BCUT2D eigenvalue weighted by Crippen LogP contribution is -2.57. The van der Waals surface area contributed by atoms with Crippen LogP contribution in [0.1, 0.15) is 45.4 Å². The molecule has 1 aliphatic heterocycles. The lowest BCUT2D eigenvalue weighted by atomic mass is 9.96.